The number of carbonyl (C=O) groups excluding carboxylic acids is 2. The number of thioether (sulfide) groups is 1. The summed E-state index contributed by atoms with van der Waals surface area (Å²) in [5, 5.41) is 5.46. The highest BCUT2D eigenvalue weighted by Crippen LogP contribution is 2.45. The lowest BCUT2D eigenvalue weighted by Crippen LogP contribution is -2.38. The summed E-state index contributed by atoms with van der Waals surface area (Å²) in [5.74, 6) is 0.305. The normalized spacial score (nSPS) is 16.2. The third-order valence-electron chi connectivity index (χ3n) is 6.46. The molecule has 2 heterocycles. The predicted octanol–water partition coefficient (Wildman–Crippen LogP) is 6.85. The minimum absolute atomic E-state index is 0.0650. The van der Waals surface area contributed by atoms with E-state index in [-0.39, 0.29) is 30.8 Å². The van der Waals surface area contributed by atoms with Gasteiger partial charge < -0.3 is 19.7 Å². The van der Waals surface area contributed by atoms with Gasteiger partial charge >= 0.3 is 5.97 Å². The summed E-state index contributed by atoms with van der Waals surface area (Å²) in [4.78, 5) is 33.1. The Morgan fingerprint density at radius 1 is 1.02 bits per heavy atom. The summed E-state index contributed by atoms with van der Waals surface area (Å²) in [6, 6.07) is 22.4. The Morgan fingerprint density at radius 3 is 2.49 bits per heavy atom. The van der Waals surface area contributed by atoms with Gasteiger partial charge in [0.15, 0.2) is 5.17 Å². The van der Waals surface area contributed by atoms with Crippen LogP contribution in [0.5, 0.6) is 11.5 Å². The molecule has 0 aliphatic carbocycles. The highest BCUT2D eigenvalue weighted by Gasteiger charge is 2.41. The van der Waals surface area contributed by atoms with Crippen LogP contribution in [0.15, 0.2) is 106 Å². The Labute approximate surface area is 242 Å². The molecule has 9 heteroatoms. The number of fused-ring (bicyclic) bond motifs is 1. The zero-order valence-corrected chi connectivity index (χ0v) is 23.8. The average molecular weight is 572 g/mol. The van der Waals surface area contributed by atoms with Crippen LogP contribution in [0, 0.1) is 5.82 Å². The molecule has 0 saturated heterocycles. The molecule has 0 bridgehead atoms. The Bertz CT molecular complexity index is 1530. The first-order valence-corrected chi connectivity index (χ1v) is 14.2. The van der Waals surface area contributed by atoms with Gasteiger partial charge in [-0.15, -0.1) is 0 Å². The van der Waals surface area contributed by atoms with Crippen molar-refractivity contribution in [2.45, 2.75) is 45.9 Å². The Balaban J connectivity index is 1.44. The van der Waals surface area contributed by atoms with Crippen LogP contribution in [0.1, 0.15) is 44.4 Å². The fourth-order valence-corrected chi connectivity index (χ4v) is 5.59. The molecule has 210 valence electrons. The molecular formula is C32H30FN3O4S. The fourth-order valence-electron chi connectivity index (χ4n) is 4.63. The number of rotatable bonds is 9. The van der Waals surface area contributed by atoms with Gasteiger partial charge in [0.05, 0.1) is 29.8 Å². The van der Waals surface area contributed by atoms with Crippen LogP contribution in [0.2, 0.25) is 0 Å². The third-order valence-corrected chi connectivity index (χ3v) is 7.35. The van der Waals surface area contributed by atoms with Gasteiger partial charge in [-0.2, -0.15) is 0 Å². The summed E-state index contributed by atoms with van der Waals surface area (Å²) in [6.45, 7) is 5.68. The number of nitrogens with one attached hydrogen (secondary N) is 1. The number of amides is 1. The molecule has 41 heavy (non-hydrogen) atoms. The van der Waals surface area contributed by atoms with Gasteiger partial charge in [0.2, 0.25) is 5.91 Å². The van der Waals surface area contributed by atoms with Crippen molar-refractivity contribution in [3.8, 4) is 11.5 Å². The van der Waals surface area contributed by atoms with Crippen molar-refractivity contribution < 1.29 is 23.5 Å². The van der Waals surface area contributed by atoms with Crippen LogP contribution in [0.25, 0.3) is 0 Å². The van der Waals surface area contributed by atoms with E-state index in [1.54, 1.807) is 32.9 Å². The molecule has 3 aromatic rings. The minimum atomic E-state index is -0.584. The van der Waals surface area contributed by atoms with Crippen LogP contribution in [-0.2, 0) is 20.9 Å². The number of benzene rings is 3. The summed E-state index contributed by atoms with van der Waals surface area (Å²) < 4.78 is 25.0. The van der Waals surface area contributed by atoms with E-state index in [2.05, 4.69) is 5.32 Å². The average Bonchev–Trinajstić information content (AvgIpc) is 3.33. The van der Waals surface area contributed by atoms with E-state index in [0.717, 1.165) is 11.1 Å². The maximum atomic E-state index is 13.4. The minimum Gasteiger partial charge on any atom is -0.459 e. The van der Waals surface area contributed by atoms with Gasteiger partial charge in [-0.05, 0) is 73.7 Å². The molecule has 2 aliphatic rings. The molecule has 0 aromatic heterocycles. The summed E-state index contributed by atoms with van der Waals surface area (Å²) in [5.41, 5.74) is 3.25. The number of allylic oxidation sites excluding steroid dienone is 1. The number of ether oxygens (including phenoxy) is 2. The van der Waals surface area contributed by atoms with Gasteiger partial charge in [0, 0.05) is 12.2 Å². The summed E-state index contributed by atoms with van der Waals surface area (Å²) in [7, 11) is 0. The molecule has 0 unspecified atom stereocenters. The molecule has 0 fully saturated rings. The molecule has 1 N–H and O–H groups in total. The van der Waals surface area contributed by atoms with Gasteiger partial charge in [-0.3, -0.25) is 4.79 Å². The Kier molecular flexibility index (Phi) is 8.54. The number of nitrogens with zero attached hydrogens (tertiary/aromatic N) is 2. The van der Waals surface area contributed by atoms with Crippen molar-refractivity contribution in [2.24, 2.45) is 4.99 Å². The number of para-hydroxylation sites is 1. The van der Waals surface area contributed by atoms with E-state index in [1.807, 2.05) is 64.9 Å². The van der Waals surface area contributed by atoms with Gasteiger partial charge in [0.25, 0.3) is 0 Å². The second-order valence-electron chi connectivity index (χ2n) is 9.91. The monoisotopic (exact) mass is 571 g/mol. The van der Waals surface area contributed by atoms with Crippen LogP contribution < -0.4 is 10.1 Å². The number of aliphatic imine (C=N–C) groups is 1. The topological polar surface area (TPSA) is 80.2 Å². The number of hydrogen-bond donors (Lipinski definition) is 1. The maximum Gasteiger partial charge on any atom is 0.338 e. The SMILES string of the molecule is CC1=C(C(=O)OC(C)C)[C@H](c2cccc(Oc3ccccc3)c2)N2C(CC(=O)NCc3ccc(F)cc3)=CSC2=N1. The molecule has 7 nitrogen and oxygen atoms in total. The number of hydrogen-bond acceptors (Lipinski definition) is 7. The first-order valence-electron chi connectivity index (χ1n) is 13.3. The van der Waals surface area contributed by atoms with E-state index < -0.39 is 12.0 Å². The number of halogens is 1. The second kappa shape index (κ2) is 12.4. The van der Waals surface area contributed by atoms with Crippen LogP contribution in [-0.4, -0.2) is 28.0 Å². The third kappa shape index (κ3) is 6.69. The smallest absolute Gasteiger partial charge is 0.338 e. The number of amidine groups is 1. The van der Waals surface area contributed by atoms with Crippen molar-refractivity contribution in [3.63, 3.8) is 0 Å². The summed E-state index contributed by atoms with van der Waals surface area (Å²) >= 11 is 1.40. The maximum absolute atomic E-state index is 13.4. The largest absolute Gasteiger partial charge is 0.459 e. The molecule has 1 atom stereocenters. The highest BCUT2D eigenvalue weighted by atomic mass is 32.2. The second-order valence-corrected chi connectivity index (χ2v) is 10.8. The molecule has 5 rings (SSSR count). The van der Waals surface area contributed by atoms with Gasteiger partial charge in [-0.1, -0.05) is 54.2 Å². The lowest BCUT2D eigenvalue weighted by Gasteiger charge is -2.36. The summed E-state index contributed by atoms with van der Waals surface area (Å²) in [6.07, 6.45) is -0.253. The molecule has 2 aliphatic heterocycles. The molecule has 0 spiro atoms. The zero-order valence-electron chi connectivity index (χ0n) is 23.0. The van der Waals surface area contributed by atoms with E-state index in [1.165, 1.54) is 23.9 Å². The number of esters is 1. The van der Waals surface area contributed by atoms with Crippen LogP contribution in [0.3, 0.4) is 0 Å². The van der Waals surface area contributed by atoms with Crippen molar-refractivity contribution in [3.05, 3.63) is 118 Å². The molecule has 3 aromatic carbocycles. The van der Waals surface area contributed by atoms with Crippen molar-refractivity contribution in [2.75, 3.05) is 0 Å². The van der Waals surface area contributed by atoms with Crippen molar-refractivity contribution in [1.29, 1.82) is 0 Å². The first-order chi connectivity index (χ1) is 19.8. The van der Waals surface area contributed by atoms with E-state index in [9.17, 15) is 14.0 Å². The molecular weight excluding hydrogens is 541 g/mol. The quantitative estimate of drug-likeness (QED) is 0.283. The first kappa shape index (κ1) is 28.2. The van der Waals surface area contributed by atoms with E-state index >= 15 is 0 Å². The van der Waals surface area contributed by atoms with Crippen LogP contribution >= 0.6 is 11.8 Å². The lowest BCUT2D eigenvalue weighted by molar-refractivity contribution is -0.143. The fraction of sp³-hybridized carbons (Fsp3) is 0.219. The van der Waals surface area contributed by atoms with Crippen LogP contribution in [0.4, 0.5) is 4.39 Å². The van der Waals surface area contributed by atoms with Gasteiger partial charge in [0.1, 0.15) is 17.3 Å². The predicted molar refractivity (Wildman–Crippen MR) is 157 cm³/mol. The standard InChI is InChI=1S/C32H30FN3O4S/c1-20(2)39-31(38)29-21(3)35-32-36(25(19-41-32)17-28(37)34-18-22-12-14-24(33)15-13-22)30(29)23-8-7-11-27(16-23)40-26-9-5-4-6-10-26/h4-16,19-20,30H,17-18H2,1-3H3,(H,34,37)/t30-/m0/s1. The Hall–Kier alpha value is -4.37. The van der Waals surface area contributed by atoms with Gasteiger partial charge in [-0.25, -0.2) is 14.2 Å². The Morgan fingerprint density at radius 2 is 1.76 bits per heavy atom. The lowest BCUT2D eigenvalue weighted by atomic mass is 9.93. The molecule has 1 amide bonds. The van der Waals surface area contributed by atoms with E-state index in [4.69, 9.17) is 14.5 Å². The zero-order chi connectivity index (χ0) is 28.9. The van der Waals surface area contributed by atoms with Crippen molar-refractivity contribution >= 4 is 28.8 Å². The molecule has 0 saturated carbocycles. The molecule has 0 radical (unpaired) electrons. The highest BCUT2D eigenvalue weighted by molar-refractivity contribution is 8.16. The van der Waals surface area contributed by atoms with Crippen molar-refractivity contribution in [1.82, 2.24) is 10.2 Å². The van der Waals surface area contributed by atoms with E-state index in [0.29, 0.717) is 33.6 Å². The number of carbonyl (C=O) groups is 2.